The van der Waals surface area contributed by atoms with E-state index in [2.05, 4.69) is 16.5 Å². The molecule has 0 fully saturated rings. The number of hydrogen-bond acceptors (Lipinski definition) is 4. The van der Waals surface area contributed by atoms with Gasteiger partial charge < -0.3 is 9.73 Å². The highest BCUT2D eigenvalue weighted by Crippen LogP contribution is 2.21. The molecule has 3 aromatic rings. The Labute approximate surface area is 156 Å². The van der Waals surface area contributed by atoms with Crippen molar-refractivity contribution >= 4 is 22.5 Å². The molecule has 7 nitrogen and oxygen atoms in total. The number of fused-ring (bicyclic) bond motifs is 3. The Kier molecular flexibility index (Phi) is 4.59. The topological polar surface area (TPSA) is 81.5 Å². The van der Waals surface area contributed by atoms with Crippen LogP contribution in [0.4, 0.5) is 0 Å². The zero-order chi connectivity index (χ0) is 19.0. The molecule has 0 bridgehead atoms. The lowest BCUT2D eigenvalue weighted by molar-refractivity contribution is -0.124. The number of hydrogen-bond donors (Lipinski definition) is 1. The lowest BCUT2D eigenvalue weighted by atomic mass is 9.97. The quantitative estimate of drug-likeness (QED) is 0.702. The predicted octanol–water partition coefficient (Wildman–Crippen LogP) is 3.12. The number of furan rings is 1. The maximum atomic E-state index is 12.9. The van der Waals surface area contributed by atoms with Crippen molar-refractivity contribution < 1.29 is 9.21 Å². The fraction of sp³-hybridized carbons (Fsp3) is 0.450. The number of carbonyl (C=O) groups is 1. The molecule has 1 unspecified atom stereocenters. The molecule has 3 aromatic heterocycles. The van der Waals surface area contributed by atoms with Crippen LogP contribution in [0.15, 0.2) is 39.3 Å². The first kappa shape index (κ1) is 17.6. The third-order valence-electron chi connectivity index (χ3n) is 5.30. The van der Waals surface area contributed by atoms with Gasteiger partial charge in [0.25, 0.3) is 5.56 Å². The van der Waals surface area contributed by atoms with Crippen molar-refractivity contribution in [1.29, 1.82) is 0 Å². The molecule has 0 spiro atoms. The molecule has 0 aliphatic heterocycles. The van der Waals surface area contributed by atoms with E-state index in [1.807, 2.05) is 6.92 Å². The summed E-state index contributed by atoms with van der Waals surface area (Å²) >= 11 is 0. The van der Waals surface area contributed by atoms with Crippen molar-refractivity contribution in [2.75, 3.05) is 6.54 Å². The standard InChI is InChI=1S/C20H24N4O3/c1-13(19(25)21-10-8-15-6-4-3-5-7-15)24-20(26)17-12-18-16(9-11-27-18)23(17)14(2)22-24/h6,9,11-13H,3-5,7-8,10H2,1-2H3,(H,21,25). The minimum Gasteiger partial charge on any atom is -0.463 e. The second-order valence-corrected chi connectivity index (χ2v) is 7.16. The summed E-state index contributed by atoms with van der Waals surface area (Å²) in [6, 6.07) is 2.82. The SMILES string of the molecule is Cc1nn(C(C)C(=O)NCCC2=CCCCC2)c(=O)c2cc3occc3n12. The number of aryl methyl sites for hydroxylation is 1. The van der Waals surface area contributed by atoms with Gasteiger partial charge in [0.2, 0.25) is 5.91 Å². The van der Waals surface area contributed by atoms with E-state index in [4.69, 9.17) is 4.42 Å². The largest absolute Gasteiger partial charge is 0.463 e. The van der Waals surface area contributed by atoms with E-state index >= 15 is 0 Å². The summed E-state index contributed by atoms with van der Waals surface area (Å²) < 4.78 is 8.41. The van der Waals surface area contributed by atoms with Crippen LogP contribution >= 0.6 is 0 Å². The van der Waals surface area contributed by atoms with E-state index in [9.17, 15) is 9.59 Å². The van der Waals surface area contributed by atoms with Gasteiger partial charge in [0, 0.05) is 18.7 Å². The van der Waals surface area contributed by atoms with E-state index in [-0.39, 0.29) is 11.5 Å². The zero-order valence-corrected chi connectivity index (χ0v) is 15.7. The Morgan fingerprint density at radius 1 is 1.37 bits per heavy atom. The second-order valence-electron chi connectivity index (χ2n) is 7.16. The Morgan fingerprint density at radius 3 is 3.00 bits per heavy atom. The molecule has 1 atom stereocenters. The van der Waals surface area contributed by atoms with Crippen molar-refractivity contribution in [2.45, 2.75) is 52.0 Å². The van der Waals surface area contributed by atoms with Gasteiger partial charge in [0.05, 0.1) is 11.8 Å². The first-order chi connectivity index (χ1) is 13.1. The van der Waals surface area contributed by atoms with Gasteiger partial charge in [-0.1, -0.05) is 11.6 Å². The molecule has 142 valence electrons. The van der Waals surface area contributed by atoms with Crippen LogP contribution in [0.1, 0.15) is 50.9 Å². The molecule has 27 heavy (non-hydrogen) atoms. The molecule has 0 radical (unpaired) electrons. The lowest BCUT2D eigenvalue weighted by Gasteiger charge is -2.17. The number of nitrogens with zero attached hydrogens (tertiary/aromatic N) is 3. The van der Waals surface area contributed by atoms with Gasteiger partial charge in [0.1, 0.15) is 17.4 Å². The summed E-state index contributed by atoms with van der Waals surface area (Å²) in [4.78, 5) is 25.4. The summed E-state index contributed by atoms with van der Waals surface area (Å²) in [6.45, 7) is 4.10. The summed E-state index contributed by atoms with van der Waals surface area (Å²) in [5.74, 6) is 0.438. The molecular formula is C20H24N4O3. The minimum atomic E-state index is -0.678. The first-order valence-corrected chi connectivity index (χ1v) is 9.50. The number of aromatic nitrogens is 3. The second kappa shape index (κ2) is 7.06. The van der Waals surface area contributed by atoms with Gasteiger partial charge >= 0.3 is 0 Å². The van der Waals surface area contributed by atoms with Crippen molar-refractivity contribution in [1.82, 2.24) is 19.5 Å². The number of carbonyl (C=O) groups excluding carboxylic acids is 1. The summed E-state index contributed by atoms with van der Waals surface area (Å²) in [7, 11) is 0. The normalized spacial score (nSPS) is 15.9. The number of amides is 1. The molecule has 4 rings (SSSR count). The Bertz CT molecular complexity index is 1090. The van der Waals surface area contributed by atoms with Crippen LogP contribution in [0.25, 0.3) is 16.6 Å². The van der Waals surface area contributed by atoms with Gasteiger partial charge in [-0.2, -0.15) is 5.10 Å². The third kappa shape index (κ3) is 3.18. The number of rotatable bonds is 5. The molecular weight excluding hydrogens is 344 g/mol. The predicted molar refractivity (Wildman–Crippen MR) is 103 cm³/mol. The molecule has 0 saturated carbocycles. The van der Waals surface area contributed by atoms with Crippen LogP contribution in [-0.4, -0.2) is 26.6 Å². The Morgan fingerprint density at radius 2 is 2.22 bits per heavy atom. The molecule has 0 saturated heterocycles. The third-order valence-corrected chi connectivity index (χ3v) is 5.30. The molecule has 1 amide bonds. The van der Waals surface area contributed by atoms with Crippen LogP contribution in [0.3, 0.4) is 0 Å². The number of allylic oxidation sites excluding steroid dienone is 1. The van der Waals surface area contributed by atoms with E-state index < -0.39 is 6.04 Å². The first-order valence-electron chi connectivity index (χ1n) is 9.50. The van der Waals surface area contributed by atoms with Crippen molar-refractivity contribution in [3.63, 3.8) is 0 Å². The average molecular weight is 368 g/mol. The number of nitrogens with one attached hydrogen (secondary N) is 1. The fourth-order valence-corrected chi connectivity index (χ4v) is 3.79. The van der Waals surface area contributed by atoms with Crippen LogP contribution in [0.5, 0.6) is 0 Å². The van der Waals surface area contributed by atoms with Crippen molar-refractivity contribution in [2.24, 2.45) is 0 Å². The minimum absolute atomic E-state index is 0.194. The smallest absolute Gasteiger partial charge is 0.291 e. The summed E-state index contributed by atoms with van der Waals surface area (Å²) in [5, 5.41) is 7.31. The average Bonchev–Trinajstić information content (AvgIpc) is 3.26. The van der Waals surface area contributed by atoms with Crippen LogP contribution in [0, 0.1) is 6.92 Å². The molecule has 7 heteroatoms. The Balaban J connectivity index is 1.54. The maximum absolute atomic E-state index is 12.9. The van der Waals surface area contributed by atoms with E-state index in [0.29, 0.717) is 23.5 Å². The van der Waals surface area contributed by atoms with E-state index in [1.54, 1.807) is 29.7 Å². The van der Waals surface area contributed by atoms with Crippen LogP contribution in [-0.2, 0) is 4.79 Å². The monoisotopic (exact) mass is 368 g/mol. The van der Waals surface area contributed by atoms with E-state index in [1.165, 1.54) is 23.1 Å². The van der Waals surface area contributed by atoms with Crippen LogP contribution < -0.4 is 10.9 Å². The molecule has 0 aromatic carbocycles. The van der Waals surface area contributed by atoms with Crippen molar-refractivity contribution in [3.8, 4) is 0 Å². The van der Waals surface area contributed by atoms with Crippen LogP contribution in [0.2, 0.25) is 0 Å². The fourth-order valence-electron chi connectivity index (χ4n) is 3.79. The summed E-state index contributed by atoms with van der Waals surface area (Å²) in [6.07, 6.45) is 9.48. The van der Waals surface area contributed by atoms with Gasteiger partial charge in [-0.3, -0.25) is 14.0 Å². The highest BCUT2D eigenvalue weighted by molar-refractivity contribution is 5.83. The maximum Gasteiger partial charge on any atom is 0.291 e. The van der Waals surface area contributed by atoms with Gasteiger partial charge in [-0.05, 0) is 46.0 Å². The molecule has 1 aliphatic rings. The molecule has 3 heterocycles. The van der Waals surface area contributed by atoms with Crippen molar-refractivity contribution in [3.05, 3.63) is 46.2 Å². The van der Waals surface area contributed by atoms with Gasteiger partial charge in [0.15, 0.2) is 5.58 Å². The Hall–Kier alpha value is -2.83. The lowest BCUT2D eigenvalue weighted by Crippen LogP contribution is -2.38. The van der Waals surface area contributed by atoms with E-state index in [0.717, 1.165) is 24.8 Å². The van der Waals surface area contributed by atoms with Gasteiger partial charge in [-0.25, -0.2) is 4.68 Å². The summed E-state index contributed by atoms with van der Waals surface area (Å²) in [5.41, 5.74) is 3.01. The highest BCUT2D eigenvalue weighted by Gasteiger charge is 2.21. The highest BCUT2D eigenvalue weighted by atomic mass is 16.3. The molecule has 1 N–H and O–H groups in total. The molecule has 1 aliphatic carbocycles. The zero-order valence-electron chi connectivity index (χ0n) is 15.7. The van der Waals surface area contributed by atoms with Gasteiger partial charge in [-0.15, -0.1) is 0 Å².